The number of aromatic nitrogens is 3. The number of nitrogens with one attached hydrogen (secondary N) is 1. The van der Waals surface area contributed by atoms with Crippen LogP contribution >= 0.6 is 0 Å². The fourth-order valence-electron chi connectivity index (χ4n) is 2.48. The molecule has 4 heteroatoms. The van der Waals surface area contributed by atoms with E-state index in [1.165, 1.54) is 11.1 Å². The van der Waals surface area contributed by atoms with Gasteiger partial charge in [0.05, 0.1) is 6.20 Å². The van der Waals surface area contributed by atoms with Gasteiger partial charge in [0.25, 0.3) is 0 Å². The molecular formula is C17H26N4. The maximum atomic E-state index is 4.37. The summed E-state index contributed by atoms with van der Waals surface area (Å²) >= 11 is 0. The first kappa shape index (κ1) is 15.7. The summed E-state index contributed by atoms with van der Waals surface area (Å²) in [6.07, 6.45) is 12.3. The predicted molar refractivity (Wildman–Crippen MR) is 86.2 cm³/mol. The highest BCUT2D eigenvalue weighted by atomic mass is 15.3. The van der Waals surface area contributed by atoms with Crippen molar-refractivity contribution in [3.05, 3.63) is 48.0 Å². The minimum atomic E-state index is 0.500. The van der Waals surface area contributed by atoms with Crippen LogP contribution in [0, 0.1) is 0 Å². The molecule has 114 valence electrons. The monoisotopic (exact) mass is 286 g/mol. The maximum absolute atomic E-state index is 4.37. The Hall–Kier alpha value is -1.68. The number of nitrogens with zero attached hydrogens (tertiary/aromatic N) is 3. The summed E-state index contributed by atoms with van der Waals surface area (Å²) in [5, 5.41) is 8.02. The highest BCUT2D eigenvalue weighted by Gasteiger charge is 2.10. The molecule has 0 aromatic carbocycles. The van der Waals surface area contributed by atoms with Crippen molar-refractivity contribution in [1.82, 2.24) is 20.1 Å². The normalized spacial score (nSPS) is 12.5. The summed E-state index contributed by atoms with van der Waals surface area (Å²) in [5.74, 6) is 0. The highest BCUT2D eigenvalue weighted by molar-refractivity contribution is 5.10. The van der Waals surface area contributed by atoms with Gasteiger partial charge in [-0.2, -0.15) is 5.10 Å². The van der Waals surface area contributed by atoms with Gasteiger partial charge in [-0.1, -0.05) is 13.0 Å². The van der Waals surface area contributed by atoms with Crippen LogP contribution < -0.4 is 5.32 Å². The maximum Gasteiger partial charge on any atom is 0.0522 e. The molecule has 2 heterocycles. The second-order valence-corrected chi connectivity index (χ2v) is 5.46. The number of hydrogen-bond acceptors (Lipinski definition) is 3. The van der Waals surface area contributed by atoms with Crippen LogP contribution in [0.2, 0.25) is 0 Å². The van der Waals surface area contributed by atoms with Gasteiger partial charge in [0.2, 0.25) is 0 Å². The molecule has 0 fully saturated rings. The zero-order valence-corrected chi connectivity index (χ0v) is 13.1. The zero-order valence-electron chi connectivity index (χ0n) is 13.1. The van der Waals surface area contributed by atoms with Crippen LogP contribution in [0.25, 0.3) is 0 Å². The average Bonchev–Trinajstić information content (AvgIpc) is 2.98. The predicted octanol–water partition coefficient (Wildman–Crippen LogP) is 2.84. The van der Waals surface area contributed by atoms with Crippen LogP contribution in [-0.2, 0) is 19.4 Å². The van der Waals surface area contributed by atoms with Crippen molar-refractivity contribution in [1.29, 1.82) is 0 Å². The Morgan fingerprint density at radius 1 is 1.24 bits per heavy atom. The van der Waals surface area contributed by atoms with E-state index in [2.05, 4.69) is 41.5 Å². The van der Waals surface area contributed by atoms with Crippen LogP contribution in [0.5, 0.6) is 0 Å². The summed E-state index contributed by atoms with van der Waals surface area (Å²) in [6.45, 7) is 6.33. The van der Waals surface area contributed by atoms with E-state index in [-0.39, 0.29) is 0 Å². The van der Waals surface area contributed by atoms with E-state index in [1.807, 2.05) is 29.3 Å². The van der Waals surface area contributed by atoms with Crippen LogP contribution in [0.15, 0.2) is 36.9 Å². The molecule has 0 saturated heterocycles. The van der Waals surface area contributed by atoms with Gasteiger partial charge in [-0.15, -0.1) is 0 Å². The molecule has 0 spiro atoms. The minimum absolute atomic E-state index is 0.500. The molecule has 1 atom stereocenters. The number of aryl methyl sites for hydroxylation is 2. The quantitative estimate of drug-likeness (QED) is 0.771. The van der Waals surface area contributed by atoms with Crippen molar-refractivity contribution >= 4 is 0 Å². The smallest absolute Gasteiger partial charge is 0.0522 e. The van der Waals surface area contributed by atoms with Gasteiger partial charge in [0, 0.05) is 31.2 Å². The van der Waals surface area contributed by atoms with Crippen LogP contribution in [0.3, 0.4) is 0 Å². The lowest BCUT2D eigenvalue weighted by Gasteiger charge is -2.17. The van der Waals surface area contributed by atoms with Crippen LogP contribution in [0.1, 0.15) is 37.8 Å². The third-order valence-corrected chi connectivity index (χ3v) is 3.68. The van der Waals surface area contributed by atoms with Crippen molar-refractivity contribution < 1.29 is 0 Å². The van der Waals surface area contributed by atoms with E-state index in [4.69, 9.17) is 0 Å². The van der Waals surface area contributed by atoms with E-state index < -0.39 is 0 Å². The molecular weight excluding hydrogens is 260 g/mol. The number of hydrogen-bond donors (Lipinski definition) is 1. The van der Waals surface area contributed by atoms with Crippen LogP contribution in [0.4, 0.5) is 0 Å². The van der Waals surface area contributed by atoms with Gasteiger partial charge in [-0.05, 0) is 56.3 Å². The SMILES string of the molecule is CCCNC(CCc1cccnc1)Cc1cnn(CC)c1. The van der Waals surface area contributed by atoms with Crippen LogP contribution in [-0.4, -0.2) is 27.4 Å². The lowest BCUT2D eigenvalue weighted by Crippen LogP contribution is -2.32. The molecule has 1 unspecified atom stereocenters. The topological polar surface area (TPSA) is 42.7 Å². The third-order valence-electron chi connectivity index (χ3n) is 3.68. The van der Waals surface area contributed by atoms with Gasteiger partial charge >= 0.3 is 0 Å². The largest absolute Gasteiger partial charge is 0.314 e. The summed E-state index contributed by atoms with van der Waals surface area (Å²) in [5.41, 5.74) is 2.63. The molecule has 0 radical (unpaired) electrons. The van der Waals surface area contributed by atoms with E-state index >= 15 is 0 Å². The first-order valence-electron chi connectivity index (χ1n) is 7.95. The molecule has 0 amide bonds. The molecule has 2 aromatic heterocycles. The van der Waals surface area contributed by atoms with Gasteiger partial charge in [-0.25, -0.2) is 0 Å². The summed E-state index contributed by atoms with van der Waals surface area (Å²) < 4.78 is 1.99. The van der Waals surface area contributed by atoms with Crippen molar-refractivity contribution in [3.8, 4) is 0 Å². The lowest BCUT2D eigenvalue weighted by atomic mass is 10.0. The number of rotatable bonds is 9. The molecule has 0 saturated carbocycles. The van der Waals surface area contributed by atoms with Crippen molar-refractivity contribution in [2.75, 3.05) is 6.54 Å². The van der Waals surface area contributed by atoms with E-state index in [0.717, 1.165) is 38.8 Å². The zero-order chi connectivity index (χ0) is 14.9. The molecule has 0 aliphatic rings. The second kappa shape index (κ2) is 8.57. The second-order valence-electron chi connectivity index (χ2n) is 5.46. The molecule has 21 heavy (non-hydrogen) atoms. The lowest BCUT2D eigenvalue weighted by molar-refractivity contribution is 0.477. The first-order chi connectivity index (χ1) is 10.3. The minimum Gasteiger partial charge on any atom is -0.314 e. The van der Waals surface area contributed by atoms with Gasteiger partial charge in [0.15, 0.2) is 0 Å². The Labute approximate surface area is 127 Å². The first-order valence-corrected chi connectivity index (χ1v) is 7.95. The fraction of sp³-hybridized carbons (Fsp3) is 0.529. The van der Waals surface area contributed by atoms with Gasteiger partial charge in [0.1, 0.15) is 0 Å². The summed E-state index contributed by atoms with van der Waals surface area (Å²) in [7, 11) is 0. The number of pyridine rings is 1. The van der Waals surface area contributed by atoms with E-state index in [9.17, 15) is 0 Å². The Morgan fingerprint density at radius 3 is 2.81 bits per heavy atom. The third kappa shape index (κ3) is 5.31. The molecule has 1 N–H and O–H groups in total. The Bertz CT molecular complexity index is 507. The highest BCUT2D eigenvalue weighted by Crippen LogP contribution is 2.09. The fourth-order valence-corrected chi connectivity index (χ4v) is 2.48. The van der Waals surface area contributed by atoms with Gasteiger partial charge in [-0.3, -0.25) is 9.67 Å². The Kier molecular flexibility index (Phi) is 6.41. The molecule has 0 bridgehead atoms. The Morgan fingerprint density at radius 2 is 2.14 bits per heavy atom. The van der Waals surface area contributed by atoms with E-state index in [0.29, 0.717) is 6.04 Å². The van der Waals surface area contributed by atoms with E-state index in [1.54, 1.807) is 0 Å². The molecule has 2 aromatic rings. The molecule has 0 aliphatic heterocycles. The van der Waals surface area contributed by atoms with Gasteiger partial charge < -0.3 is 5.32 Å². The molecule has 2 rings (SSSR count). The standard InChI is InChI=1S/C17H26N4/c1-3-9-19-17(8-7-15-6-5-10-18-12-15)11-16-13-20-21(4-2)14-16/h5-6,10,12-14,17,19H,3-4,7-9,11H2,1-2H3. The van der Waals surface area contributed by atoms with Crippen molar-refractivity contribution in [2.24, 2.45) is 0 Å². The van der Waals surface area contributed by atoms with Crippen molar-refractivity contribution in [3.63, 3.8) is 0 Å². The average molecular weight is 286 g/mol. The summed E-state index contributed by atoms with van der Waals surface area (Å²) in [4.78, 5) is 4.19. The summed E-state index contributed by atoms with van der Waals surface area (Å²) in [6, 6.07) is 4.66. The molecule has 4 nitrogen and oxygen atoms in total. The Balaban J connectivity index is 1.90. The molecule has 0 aliphatic carbocycles. The van der Waals surface area contributed by atoms with Crippen molar-refractivity contribution in [2.45, 2.75) is 52.1 Å².